The molecule has 0 radical (unpaired) electrons. The van der Waals surface area contributed by atoms with Gasteiger partial charge in [-0.25, -0.2) is 14.5 Å². The summed E-state index contributed by atoms with van der Waals surface area (Å²) in [6.45, 7) is 2.19. The molecule has 1 heterocycles. The van der Waals surface area contributed by atoms with Gasteiger partial charge >= 0.3 is 12.0 Å². The molecule has 13 heteroatoms. The standard InChI is InChI=1S/C28H22IN3O9/c1-3-40-23-14-17(13-22(29)24(23)41-15-16-4-8-20(9-5-16)32(37)38)12-21-25(33)30-28(36)31(26(21)34)19-10-6-18(7-11-19)27(35)39-2/h4-14H,3,15H2,1-2H3,(H,30,33,36)/b21-12+. The minimum atomic E-state index is -0.928. The summed E-state index contributed by atoms with van der Waals surface area (Å²) in [5, 5.41) is 13.1. The smallest absolute Gasteiger partial charge is 0.337 e. The summed E-state index contributed by atoms with van der Waals surface area (Å²) in [7, 11) is 1.23. The third kappa shape index (κ3) is 6.51. The Hall–Kier alpha value is -4.79. The number of methoxy groups -OCH3 is 1. The van der Waals surface area contributed by atoms with Crippen molar-refractivity contribution in [1.82, 2.24) is 5.32 Å². The molecule has 1 aliphatic heterocycles. The molecule has 0 aromatic heterocycles. The van der Waals surface area contributed by atoms with Crippen molar-refractivity contribution in [2.45, 2.75) is 13.5 Å². The number of imide groups is 2. The SMILES string of the molecule is CCOc1cc(/C=C2\C(=O)NC(=O)N(c3ccc(C(=O)OC)cc3)C2=O)cc(I)c1OCc1ccc([N+](=O)[O-])cc1. The van der Waals surface area contributed by atoms with E-state index in [0.29, 0.717) is 32.8 Å². The van der Waals surface area contributed by atoms with Crippen LogP contribution in [-0.2, 0) is 20.9 Å². The molecule has 41 heavy (non-hydrogen) atoms. The first-order chi connectivity index (χ1) is 19.6. The highest BCUT2D eigenvalue weighted by Gasteiger charge is 2.37. The van der Waals surface area contributed by atoms with Crippen LogP contribution in [0.15, 0.2) is 66.2 Å². The Morgan fingerprint density at radius 2 is 1.73 bits per heavy atom. The van der Waals surface area contributed by atoms with Gasteiger partial charge in [0.2, 0.25) is 0 Å². The zero-order chi connectivity index (χ0) is 29.7. The second kappa shape index (κ2) is 12.6. The molecule has 4 amide bonds. The number of urea groups is 1. The van der Waals surface area contributed by atoms with Crippen LogP contribution >= 0.6 is 22.6 Å². The van der Waals surface area contributed by atoms with Gasteiger partial charge in [-0.1, -0.05) is 0 Å². The molecular weight excluding hydrogens is 649 g/mol. The van der Waals surface area contributed by atoms with Crippen LogP contribution in [0.25, 0.3) is 6.08 Å². The molecule has 1 saturated heterocycles. The van der Waals surface area contributed by atoms with E-state index in [1.165, 1.54) is 49.6 Å². The number of hydrogen-bond acceptors (Lipinski definition) is 9. The third-order valence-corrected chi connectivity index (χ3v) is 6.62. The fourth-order valence-corrected chi connectivity index (χ4v) is 4.65. The first-order valence-corrected chi connectivity index (χ1v) is 13.1. The number of amides is 4. The number of nitro benzene ring substituents is 1. The number of carbonyl (C=O) groups is 4. The van der Waals surface area contributed by atoms with Crippen LogP contribution in [0.2, 0.25) is 0 Å². The Morgan fingerprint density at radius 3 is 2.34 bits per heavy atom. The van der Waals surface area contributed by atoms with E-state index in [-0.39, 0.29) is 29.1 Å². The van der Waals surface area contributed by atoms with Crippen molar-refractivity contribution < 1.29 is 38.3 Å². The number of non-ortho nitro benzene ring substituents is 1. The normalized spacial score (nSPS) is 14.1. The number of nitro groups is 1. The molecule has 0 unspecified atom stereocenters. The summed E-state index contributed by atoms with van der Waals surface area (Å²) in [4.78, 5) is 61.4. The maximum atomic E-state index is 13.3. The Labute approximate surface area is 247 Å². The van der Waals surface area contributed by atoms with Gasteiger partial charge < -0.3 is 14.2 Å². The first kappa shape index (κ1) is 29.2. The van der Waals surface area contributed by atoms with Gasteiger partial charge in [-0.3, -0.25) is 25.0 Å². The quantitative estimate of drug-likeness (QED) is 0.0857. The maximum Gasteiger partial charge on any atom is 0.337 e. The van der Waals surface area contributed by atoms with E-state index in [1.54, 1.807) is 31.2 Å². The Morgan fingerprint density at radius 1 is 1.05 bits per heavy atom. The lowest BCUT2D eigenvalue weighted by molar-refractivity contribution is -0.384. The first-order valence-electron chi connectivity index (χ1n) is 12.0. The van der Waals surface area contributed by atoms with Crippen LogP contribution in [0.3, 0.4) is 0 Å². The van der Waals surface area contributed by atoms with E-state index in [9.17, 15) is 29.3 Å². The van der Waals surface area contributed by atoms with Crippen molar-refractivity contribution in [3.63, 3.8) is 0 Å². The second-order valence-electron chi connectivity index (χ2n) is 8.47. The lowest BCUT2D eigenvalue weighted by atomic mass is 10.1. The number of nitrogens with zero attached hydrogens (tertiary/aromatic N) is 2. The van der Waals surface area contributed by atoms with Crippen LogP contribution in [0.5, 0.6) is 11.5 Å². The summed E-state index contributed by atoms with van der Waals surface area (Å²) >= 11 is 2.03. The van der Waals surface area contributed by atoms with Crippen LogP contribution in [0.1, 0.15) is 28.4 Å². The third-order valence-electron chi connectivity index (χ3n) is 5.82. The van der Waals surface area contributed by atoms with Gasteiger partial charge in [0, 0.05) is 12.1 Å². The predicted octanol–water partition coefficient (Wildman–Crippen LogP) is 4.63. The highest BCUT2D eigenvalue weighted by Crippen LogP contribution is 2.36. The average Bonchev–Trinajstić information content (AvgIpc) is 2.95. The highest BCUT2D eigenvalue weighted by atomic mass is 127. The molecule has 0 atom stereocenters. The number of anilines is 1. The average molecular weight is 671 g/mol. The molecular formula is C28H22IN3O9. The fourth-order valence-electron chi connectivity index (χ4n) is 3.87. The van der Waals surface area contributed by atoms with Gasteiger partial charge in [0.1, 0.15) is 12.2 Å². The zero-order valence-corrected chi connectivity index (χ0v) is 23.9. The lowest BCUT2D eigenvalue weighted by Gasteiger charge is -2.26. The highest BCUT2D eigenvalue weighted by molar-refractivity contribution is 14.1. The van der Waals surface area contributed by atoms with Crippen molar-refractivity contribution in [3.05, 3.63) is 96.6 Å². The summed E-state index contributed by atoms with van der Waals surface area (Å²) < 4.78 is 17.0. The fraction of sp³-hybridized carbons (Fsp3) is 0.143. The minimum absolute atomic E-state index is 0.0319. The lowest BCUT2D eigenvalue weighted by Crippen LogP contribution is -2.54. The van der Waals surface area contributed by atoms with Crippen molar-refractivity contribution in [2.75, 3.05) is 18.6 Å². The molecule has 1 N–H and O–H groups in total. The van der Waals surface area contributed by atoms with Gasteiger partial charge in [0.25, 0.3) is 17.5 Å². The van der Waals surface area contributed by atoms with Crippen molar-refractivity contribution in [3.8, 4) is 11.5 Å². The number of esters is 1. The number of halogens is 1. The molecule has 1 fully saturated rings. The topological polar surface area (TPSA) is 154 Å². The van der Waals surface area contributed by atoms with Gasteiger partial charge in [-0.05, 0) is 95.2 Å². The van der Waals surface area contributed by atoms with Gasteiger partial charge in [-0.2, -0.15) is 0 Å². The number of ether oxygens (including phenoxy) is 3. The number of benzene rings is 3. The second-order valence-corrected chi connectivity index (χ2v) is 9.63. The number of hydrogen-bond donors (Lipinski definition) is 1. The molecule has 0 saturated carbocycles. The van der Waals surface area contributed by atoms with E-state index >= 15 is 0 Å². The Kier molecular flexibility index (Phi) is 8.97. The molecule has 0 bridgehead atoms. The summed E-state index contributed by atoms with van der Waals surface area (Å²) in [6.07, 6.45) is 1.34. The van der Waals surface area contributed by atoms with Crippen LogP contribution < -0.4 is 19.7 Å². The monoisotopic (exact) mass is 671 g/mol. The van der Waals surface area contributed by atoms with E-state index in [0.717, 1.165) is 4.90 Å². The largest absolute Gasteiger partial charge is 0.490 e. The number of barbiturate groups is 1. The molecule has 0 aliphatic carbocycles. The van der Waals surface area contributed by atoms with Crippen molar-refractivity contribution in [2.24, 2.45) is 0 Å². The molecule has 0 spiro atoms. The maximum absolute atomic E-state index is 13.3. The van der Waals surface area contributed by atoms with E-state index in [1.807, 2.05) is 22.6 Å². The van der Waals surface area contributed by atoms with Crippen LogP contribution in [0.4, 0.5) is 16.2 Å². The molecule has 12 nitrogen and oxygen atoms in total. The van der Waals surface area contributed by atoms with Gasteiger partial charge in [0.05, 0.1) is 33.5 Å². The summed E-state index contributed by atoms with van der Waals surface area (Å²) in [5.41, 5.74) is 1.19. The van der Waals surface area contributed by atoms with Crippen molar-refractivity contribution >= 4 is 63.9 Å². The van der Waals surface area contributed by atoms with Gasteiger partial charge in [-0.15, -0.1) is 0 Å². The van der Waals surface area contributed by atoms with E-state index < -0.39 is 28.7 Å². The molecule has 3 aromatic rings. The minimum Gasteiger partial charge on any atom is -0.490 e. The zero-order valence-electron chi connectivity index (χ0n) is 21.7. The Bertz CT molecular complexity index is 1570. The summed E-state index contributed by atoms with van der Waals surface area (Å²) in [6, 6.07) is 13.9. The van der Waals surface area contributed by atoms with Gasteiger partial charge in [0.15, 0.2) is 11.5 Å². The number of nitrogens with one attached hydrogen (secondary N) is 1. The molecule has 4 rings (SSSR count). The number of rotatable bonds is 9. The molecule has 3 aromatic carbocycles. The Balaban J connectivity index is 1.61. The van der Waals surface area contributed by atoms with Crippen molar-refractivity contribution in [1.29, 1.82) is 0 Å². The van der Waals surface area contributed by atoms with Crippen LogP contribution in [0, 0.1) is 13.7 Å². The van der Waals surface area contributed by atoms with Crippen LogP contribution in [-0.4, -0.2) is 42.5 Å². The van der Waals surface area contributed by atoms with E-state index in [4.69, 9.17) is 9.47 Å². The molecule has 210 valence electrons. The van der Waals surface area contributed by atoms with E-state index in [2.05, 4.69) is 10.1 Å². The number of carbonyl (C=O) groups excluding carboxylic acids is 4. The summed E-state index contributed by atoms with van der Waals surface area (Å²) in [5.74, 6) is -1.54. The molecule has 1 aliphatic rings. The predicted molar refractivity (Wildman–Crippen MR) is 155 cm³/mol.